The first-order valence-electron chi connectivity index (χ1n) is 40.6. The molecule has 0 amide bonds. The van der Waals surface area contributed by atoms with Crippen molar-refractivity contribution in [2.24, 2.45) is 0 Å². The molecule has 562 valence electrons. The SMILES string of the molecule is CC(C)(C)c1ccc2c(c1)B1c3cc(C(C)(C)C)ccc3N(c3ccccc3-c3cc(-c4ccc5c(c4)B4c6ccccc6N(c6ccc(C(C)(C)C)cc6-c6ccccn6)c6cc([Si](C)(C)C)cc(c64)N5c4ccc(C(C)(C)C)cc4-c4ccccn4)ccn3)c3cc([Si](C)(C)C)cc(c31)N2c1ccccc1-c1ccccn1. The summed E-state index contributed by atoms with van der Waals surface area (Å²) in [6.45, 7) is 42.6. The van der Waals surface area contributed by atoms with Gasteiger partial charge >= 0.3 is 0 Å². The van der Waals surface area contributed by atoms with Crippen LogP contribution in [0.4, 0.5) is 68.2 Å². The number of aromatic nitrogens is 4. The molecule has 4 aliphatic rings. The predicted octanol–water partition coefficient (Wildman–Crippen LogP) is 22.0. The van der Waals surface area contributed by atoms with Crippen molar-refractivity contribution < 1.29 is 0 Å². The Bertz CT molecular complexity index is 6160. The second-order valence-electron chi connectivity index (χ2n) is 38.0. The Hall–Kier alpha value is -11.4. The zero-order valence-electron chi connectivity index (χ0n) is 69.3. The highest BCUT2D eigenvalue weighted by Gasteiger charge is 2.48. The Kier molecular flexibility index (Phi) is 17.6. The Balaban J connectivity index is 0.862. The molecule has 0 bridgehead atoms. The summed E-state index contributed by atoms with van der Waals surface area (Å²) in [6.07, 6.45) is 7.82. The van der Waals surface area contributed by atoms with E-state index in [0.29, 0.717) is 0 Å². The van der Waals surface area contributed by atoms with Crippen LogP contribution in [0, 0.1) is 0 Å². The Morgan fingerprint density at radius 3 is 0.947 bits per heavy atom. The second-order valence-corrected chi connectivity index (χ2v) is 48.2. The van der Waals surface area contributed by atoms with E-state index in [4.69, 9.17) is 19.9 Å². The highest BCUT2D eigenvalue weighted by atomic mass is 28.3. The van der Waals surface area contributed by atoms with Crippen LogP contribution in [0.15, 0.2) is 280 Å². The van der Waals surface area contributed by atoms with Crippen LogP contribution in [0.25, 0.3) is 56.2 Å². The first kappa shape index (κ1) is 74.0. The molecular weight excluding hydrogens is 1410 g/mol. The zero-order chi connectivity index (χ0) is 79.4. The molecule has 12 heteroatoms. The van der Waals surface area contributed by atoms with Gasteiger partial charge in [-0.3, -0.25) is 19.9 Å². The topological polar surface area (TPSA) is 64.5 Å². The minimum Gasteiger partial charge on any atom is -0.311 e. The van der Waals surface area contributed by atoms with E-state index >= 15 is 0 Å². The molecule has 114 heavy (non-hydrogen) atoms. The van der Waals surface area contributed by atoms with Crippen molar-refractivity contribution in [1.82, 2.24) is 19.9 Å². The zero-order valence-corrected chi connectivity index (χ0v) is 71.3. The molecule has 0 N–H and O–H groups in total. The van der Waals surface area contributed by atoms with E-state index in [-0.39, 0.29) is 35.1 Å². The van der Waals surface area contributed by atoms with E-state index < -0.39 is 16.1 Å². The Labute approximate surface area is 678 Å². The third-order valence-corrected chi connectivity index (χ3v) is 28.2. The van der Waals surface area contributed by atoms with Crippen molar-refractivity contribution in [1.29, 1.82) is 0 Å². The van der Waals surface area contributed by atoms with E-state index in [2.05, 4.69) is 379 Å². The summed E-state index contributed by atoms with van der Waals surface area (Å²) >= 11 is 0. The summed E-state index contributed by atoms with van der Waals surface area (Å²) < 4.78 is 0. The number of nitrogens with zero attached hydrogens (tertiary/aromatic N) is 8. The fraction of sp³-hybridized carbons (Fsp3) is 0.216. The monoisotopic (exact) mass is 1510 g/mol. The minimum atomic E-state index is -2.10. The molecule has 0 unspecified atom stereocenters. The first-order valence-corrected chi connectivity index (χ1v) is 47.6. The van der Waals surface area contributed by atoms with Crippen LogP contribution in [0.1, 0.15) is 105 Å². The van der Waals surface area contributed by atoms with Crippen molar-refractivity contribution in [3.05, 3.63) is 302 Å². The molecule has 14 aromatic rings. The number of hydrogen-bond donors (Lipinski definition) is 0. The predicted molar refractivity (Wildman–Crippen MR) is 494 cm³/mol. The third-order valence-electron chi connectivity index (χ3n) is 24.2. The quantitative estimate of drug-likeness (QED) is 0.119. The molecule has 0 aliphatic carbocycles. The summed E-state index contributed by atoms with van der Waals surface area (Å²) in [5.74, 6) is 0. The lowest BCUT2D eigenvalue weighted by atomic mass is 9.33. The van der Waals surface area contributed by atoms with Crippen LogP contribution in [-0.2, 0) is 21.7 Å². The summed E-state index contributed by atoms with van der Waals surface area (Å²) in [7, 11) is -4.20. The van der Waals surface area contributed by atoms with Gasteiger partial charge in [0.15, 0.2) is 0 Å². The third kappa shape index (κ3) is 12.7. The van der Waals surface area contributed by atoms with Gasteiger partial charge in [0.05, 0.1) is 61.7 Å². The van der Waals surface area contributed by atoms with Gasteiger partial charge in [0.1, 0.15) is 0 Å². The lowest BCUT2D eigenvalue weighted by Gasteiger charge is -2.46. The maximum Gasteiger partial charge on any atom is 0.252 e. The average molecular weight is 1520 g/mol. The van der Waals surface area contributed by atoms with Crippen LogP contribution >= 0.6 is 0 Å². The first-order chi connectivity index (χ1) is 54.4. The fourth-order valence-electron chi connectivity index (χ4n) is 17.9. The van der Waals surface area contributed by atoms with Gasteiger partial charge in [0.25, 0.3) is 13.4 Å². The summed E-state index contributed by atoms with van der Waals surface area (Å²) in [6, 6.07) is 97.2. The number of rotatable bonds is 11. The summed E-state index contributed by atoms with van der Waals surface area (Å²) in [5, 5.41) is 2.76. The molecule has 18 rings (SSSR count). The van der Waals surface area contributed by atoms with Gasteiger partial charge in [0, 0.05) is 92.5 Å². The summed E-state index contributed by atoms with van der Waals surface area (Å²) in [4.78, 5) is 31.3. The molecule has 8 nitrogen and oxygen atoms in total. The van der Waals surface area contributed by atoms with Crippen LogP contribution in [0.5, 0.6) is 0 Å². The molecule has 0 saturated carbocycles. The van der Waals surface area contributed by atoms with Crippen LogP contribution < -0.4 is 62.7 Å². The number of fused-ring (bicyclic) bond motifs is 8. The molecule has 0 fully saturated rings. The van der Waals surface area contributed by atoms with Crippen LogP contribution in [0.3, 0.4) is 0 Å². The maximum absolute atomic E-state index is 5.49. The fourth-order valence-corrected chi connectivity index (χ4v) is 20.2. The van der Waals surface area contributed by atoms with Gasteiger partial charge in [-0.2, -0.15) is 0 Å². The van der Waals surface area contributed by atoms with E-state index in [1.807, 2.05) is 43.0 Å². The lowest BCUT2D eigenvalue weighted by Crippen LogP contribution is -2.62. The van der Waals surface area contributed by atoms with Gasteiger partial charge in [-0.15, -0.1) is 0 Å². The van der Waals surface area contributed by atoms with Gasteiger partial charge in [-0.1, -0.05) is 254 Å². The van der Waals surface area contributed by atoms with Crippen LogP contribution in [-0.4, -0.2) is 49.5 Å². The normalized spacial score (nSPS) is 13.8. The molecule has 0 atom stereocenters. The van der Waals surface area contributed by atoms with Gasteiger partial charge in [-0.25, -0.2) is 0 Å². The maximum atomic E-state index is 5.49. The van der Waals surface area contributed by atoms with Gasteiger partial charge < -0.3 is 19.6 Å². The van der Waals surface area contributed by atoms with E-state index in [1.54, 1.807) is 0 Å². The number of para-hydroxylation sites is 3. The van der Waals surface area contributed by atoms with Crippen molar-refractivity contribution in [2.75, 3.05) is 19.6 Å². The molecule has 8 heterocycles. The molecular formula is C102H100B2N8Si2. The molecule has 10 aromatic carbocycles. The Morgan fingerprint density at radius 2 is 0.544 bits per heavy atom. The number of pyridine rings is 4. The molecule has 4 aromatic heterocycles. The van der Waals surface area contributed by atoms with Crippen molar-refractivity contribution >= 4 is 141 Å². The number of hydrogen-bond acceptors (Lipinski definition) is 8. The second kappa shape index (κ2) is 27.1. The molecule has 0 radical (unpaired) electrons. The van der Waals surface area contributed by atoms with Crippen molar-refractivity contribution in [3.63, 3.8) is 0 Å². The number of benzene rings is 10. The van der Waals surface area contributed by atoms with Gasteiger partial charge in [0.2, 0.25) is 0 Å². The molecule has 0 spiro atoms. The van der Waals surface area contributed by atoms with E-state index in [9.17, 15) is 0 Å². The van der Waals surface area contributed by atoms with Crippen molar-refractivity contribution in [2.45, 2.75) is 144 Å². The van der Waals surface area contributed by atoms with Gasteiger partial charge in [-0.05, 0) is 221 Å². The average Bonchev–Trinajstić information content (AvgIpc) is 0.695. The standard InChI is InChI=1S/C102H100B2N8Si2/c1-99(2,3)67-41-46-87(75(57-67)82-35-26-29-52-106-82)111-89-39-24-21-33-77(89)103-78-55-65(40-45-90(78)112(94-62-71(113(13,14)15)61-93(111)97(94)103)88-47-42-68(100(4,5)6)58-76(88)83-36-27-30-53-107-83)66-50-54-108-84(56-66)74-32-20-23-38-86(74)110-92-49-44-70(102(10,11)12)60-80(92)104-79-59-69(101(7,8)9)43-48-91(79)109(95-63-72(114(16,17)18)64-96(110)98(95)104)85-37-22-19-31-73(85)81-34-25-28-51-105-81/h19-64H,1-18H3. The largest absolute Gasteiger partial charge is 0.311 e. The van der Waals surface area contributed by atoms with E-state index in [1.165, 1.54) is 99.5 Å². The molecule has 0 saturated heterocycles. The van der Waals surface area contributed by atoms with Crippen LogP contribution in [0.2, 0.25) is 39.3 Å². The Morgan fingerprint density at radius 1 is 0.237 bits per heavy atom. The highest BCUT2D eigenvalue weighted by molar-refractivity contribution is 7.01. The lowest BCUT2D eigenvalue weighted by molar-refractivity contribution is 0.590. The highest BCUT2D eigenvalue weighted by Crippen LogP contribution is 2.53. The number of anilines is 12. The summed E-state index contributed by atoms with van der Waals surface area (Å²) in [5.41, 5.74) is 36.2. The smallest absolute Gasteiger partial charge is 0.252 e. The van der Waals surface area contributed by atoms with E-state index in [0.717, 1.165) is 90.3 Å². The minimum absolute atomic E-state index is 0.0959. The van der Waals surface area contributed by atoms with Crippen molar-refractivity contribution in [3.8, 4) is 56.2 Å². The molecule has 4 aliphatic heterocycles.